The fraction of sp³-hybridized carbons (Fsp3) is 0.500. The first-order valence-corrected chi connectivity index (χ1v) is 8.81. The lowest BCUT2D eigenvalue weighted by atomic mass is 9.82. The first kappa shape index (κ1) is 17.3. The molecule has 120 valence electrons. The molecule has 3 atom stereocenters. The van der Waals surface area contributed by atoms with Gasteiger partial charge in [-0.1, -0.05) is 44.5 Å². The fourth-order valence-electron chi connectivity index (χ4n) is 2.46. The predicted octanol–water partition coefficient (Wildman–Crippen LogP) is 3.98. The predicted molar refractivity (Wildman–Crippen MR) is 92.2 cm³/mol. The third-order valence-electron chi connectivity index (χ3n) is 3.72. The summed E-state index contributed by atoms with van der Waals surface area (Å²) in [6.07, 6.45) is 4.64. The summed E-state index contributed by atoms with van der Waals surface area (Å²) < 4.78 is 1.76. The van der Waals surface area contributed by atoms with Gasteiger partial charge in [0, 0.05) is 5.02 Å². The van der Waals surface area contributed by atoms with Gasteiger partial charge in [0.15, 0.2) is 0 Å². The Bertz CT molecular complexity index is 580. The van der Waals surface area contributed by atoms with Gasteiger partial charge in [-0.25, -0.2) is 9.67 Å². The molecule has 1 aromatic heterocycles. The van der Waals surface area contributed by atoms with Crippen LogP contribution in [0.3, 0.4) is 0 Å². The quantitative estimate of drug-likeness (QED) is 0.895. The van der Waals surface area contributed by atoms with Crippen LogP contribution in [0.5, 0.6) is 0 Å². The molecule has 0 fully saturated rings. The molecule has 0 saturated carbocycles. The summed E-state index contributed by atoms with van der Waals surface area (Å²) in [6, 6.07) is 7.55. The highest BCUT2D eigenvalue weighted by Gasteiger charge is 2.38. The number of rotatable bonds is 5. The highest BCUT2D eigenvalue weighted by Crippen LogP contribution is 2.43. The molecule has 0 bridgehead atoms. The average Bonchev–Trinajstić information content (AvgIpc) is 2.98. The zero-order valence-corrected chi connectivity index (χ0v) is 14.8. The van der Waals surface area contributed by atoms with Gasteiger partial charge in [-0.2, -0.15) is 16.9 Å². The molecular weight excluding hydrogens is 318 g/mol. The van der Waals surface area contributed by atoms with Crippen molar-refractivity contribution < 1.29 is 5.11 Å². The van der Waals surface area contributed by atoms with Gasteiger partial charge >= 0.3 is 0 Å². The van der Waals surface area contributed by atoms with Crippen molar-refractivity contribution in [1.82, 2.24) is 14.8 Å². The van der Waals surface area contributed by atoms with Gasteiger partial charge in [0.05, 0.1) is 17.4 Å². The molecule has 0 aliphatic heterocycles. The van der Waals surface area contributed by atoms with Crippen LogP contribution in [0.1, 0.15) is 37.6 Å². The van der Waals surface area contributed by atoms with E-state index in [-0.39, 0.29) is 16.7 Å². The summed E-state index contributed by atoms with van der Waals surface area (Å²) in [7, 11) is 0. The van der Waals surface area contributed by atoms with Crippen LogP contribution in [-0.2, 0) is 0 Å². The molecule has 22 heavy (non-hydrogen) atoms. The van der Waals surface area contributed by atoms with Crippen molar-refractivity contribution in [2.75, 3.05) is 6.26 Å². The van der Waals surface area contributed by atoms with Crippen LogP contribution in [0.25, 0.3) is 0 Å². The van der Waals surface area contributed by atoms with E-state index >= 15 is 0 Å². The number of hydrogen-bond acceptors (Lipinski definition) is 4. The SMILES string of the molecule is CSC(c1ccc(Cl)cc1)C(C(O)C(C)(C)C)n1cncn1. The molecule has 2 rings (SSSR count). The van der Waals surface area contributed by atoms with E-state index in [0.717, 1.165) is 5.56 Å². The molecule has 4 nitrogen and oxygen atoms in total. The maximum absolute atomic E-state index is 10.9. The van der Waals surface area contributed by atoms with E-state index in [9.17, 15) is 5.11 Å². The maximum Gasteiger partial charge on any atom is 0.137 e. The molecule has 6 heteroatoms. The summed E-state index contributed by atoms with van der Waals surface area (Å²) in [5.74, 6) is 0. The number of aliphatic hydroxyl groups is 1. The number of nitrogens with zero attached hydrogens (tertiary/aromatic N) is 3. The summed E-state index contributed by atoms with van der Waals surface area (Å²) in [6.45, 7) is 6.09. The van der Waals surface area contributed by atoms with E-state index < -0.39 is 6.10 Å². The van der Waals surface area contributed by atoms with E-state index in [1.165, 1.54) is 6.33 Å². The van der Waals surface area contributed by atoms with Crippen molar-refractivity contribution in [2.24, 2.45) is 5.41 Å². The minimum atomic E-state index is -0.567. The smallest absolute Gasteiger partial charge is 0.137 e. The fourth-order valence-corrected chi connectivity index (χ4v) is 3.57. The van der Waals surface area contributed by atoms with Crippen molar-refractivity contribution >= 4 is 23.4 Å². The molecule has 3 unspecified atom stereocenters. The standard InChI is InChI=1S/C16H22ClN3OS/c1-16(2,3)15(21)13(20-10-18-9-19-20)14(22-4)11-5-7-12(17)8-6-11/h5-10,13-15,21H,1-4H3. The maximum atomic E-state index is 10.9. The Morgan fingerprint density at radius 2 is 1.86 bits per heavy atom. The lowest BCUT2D eigenvalue weighted by Gasteiger charge is -2.37. The van der Waals surface area contributed by atoms with Crippen LogP contribution >= 0.6 is 23.4 Å². The molecule has 0 aliphatic rings. The number of thioether (sulfide) groups is 1. The monoisotopic (exact) mass is 339 g/mol. The molecule has 1 N–H and O–H groups in total. The van der Waals surface area contributed by atoms with Crippen molar-refractivity contribution in [2.45, 2.75) is 38.2 Å². The molecule has 2 aromatic rings. The zero-order valence-electron chi connectivity index (χ0n) is 13.3. The van der Waals surface area contributed by atoms with Gasteiger partial charge in [0.1, 0.15) is 12.7 Å². The minimum absolute atomic E-state index is 0.0493. The van der Waals surface area contributed by atoms with Crippen molar-refractivity contribution in [3.63, 3.8) is 0 Å². The first-order valence-electron chi connectivity index (χ1n) is 7.15. The minimum Gasteiger partial charge on any atom is -0.390 e. The van der Waals surface area contributed by atoms with E-state index in [1.807, 2.05) is 51.3 Å². The Kier molecular flexibility index (Phi) is 5.53. The normalized spacial score (nSPS) is 16.3. The van der Waals surface area contributed by atoms with Gasteiger partial charge in [-0.05, 0) is 29.4 Å². The van der Waals surface area contributed by atoms with E-state index in [2.05, 4.69) is 10.1 Å². The molecule has 0 aliphatic carbocycles. The van der Waals surface area contributed by atoms with E-state index in [4.69, 9.17) is 11.6 Å². The number of hydrogen-bond donors (Lipinski definition) is 1. The van der Waals surface area contributed by atoms with Crippen LogP contribution in [0.4, 0.5) is 0 Å². The summed E-state index contributed by atoms with van der Waals surface area (Å²) >= 11 is 7.68. The second kappa shape index (κ2) is 7.02. The summed E-state index contributed by atoms with van der Waals surface area (Å²) in [4.78, 5) is 4.04. The Labute approximate surface area is 140 Å². The molecular formula is C16H22ClN3OS. The largest absolute Gasteiger partial charge is 0.390 e. The van der Waals surface area contributed by atoms with Gasteiger partial charge in [0.2, 0.25) is 0 Å². The van der Waals surface area contributed by atoms with Crippen LogP contribution in [0.2, 0.25) is 5.02 Å². The van der Waals surface area contributed by atoms with Crippen LogP contribution in [0.15, 0.2) is 36.9 Å². The Morgan fingerprint density at radius 3 is 2.32 bits per heavy atom. The highest BCUT2D eigenvalue weighted by molar-refractivity contribution is 7.98. The highest BCUT2D eigenvalue weighted by atomic mass is 35.5. The topological polar surface area (TPSA) is 50.9 Å². The summed E-state index contributed by atoms with van der Waals surface area (Å²) in [5, 5.41) is 15.9. The Hall–Kier alpha value is -1.04. The number of halogens is 1. The van der Waals surface area contributed by atoms with Crippen molar-refractivity contribution in [1.29, 1.82) is 0 Å². The zero-order chi connectivity index (χ0) is 16.3. The number of benzene rings is 1. The lowest BCUT2D eigenvalue weighted by Crippen LogP contribution is -2.38. The van der Waals surface area contributed by atoms with E-state index in [1.54, 1.807) is 22.8 Å². The third kappa shape index (κ3) is 3.83. The third-order valence-corrected chi connectivity index (χ3v) is 5.03. The number of aromatic nitrogens is 3. The van der Waals surface area contributed by atoms with Crippen LogP contribution in [0, 0.1) is 5.41 Å². The second-order valence-corrected chi connectivity index (χ2v) is 7.80. The van der Waals surface area contributed by atoms with Crippen molar-refractivity contribution in [3.05, 3.63) is 47.5 Å². The molecule has 1 heterocycles. The summed E-state index contributed by atoms with van der Waals surface area (Å²) in [5.41, 5.74) is 0.845. The molecule has 0 amide bonds. The molecule has 0 saturated heterocycles. The molecule has 0 spiro atoms. The van der Waals surface area contributed by atoms with Gasteiger partial charge < -0.3 is 5.11 Å². The second-order valence-electron chi connectivity index (χ2n) is 6.38. The van der Waals surface area contributed by atoms with Crippen LogP contribution < -0.4 is 0 Å². The van der Waals surface area contributed by atoms with Crippen molar-refractivity contribution in [3.8, 4) is 0 Å². The van der Waals surface area contributed by atoms with E-state index in [0.29, 0.717) is 5.02 Å². The number of aliphatic hydroxyl groups excluding tert-OH is 1. The molecule has 0 radical (unpaired) electrons. The Morgan fingerprint density at radius 1 is 1.23 bits per heavy atom. The lowest BCUT2D eigenvalue weighted by molar-refractivity contribution is 0.0114. The molecule has 1 aromatic carbocycles. The Balaban J connectivity index is 2.44. The van der Waals surface area contributed by atoms with Crippen LogP contribution in [-0.4, -0.2) is 32.2 Å². The van der Waals surface area contributed by atoms with Gasteiger partial charge in [0.25, 0.3) is 0 Å². The average molecular weight is 340 g/mol. The van der Waals surface area contributed by atoms with Gasteiger partial charge in [-0.3, -0.25) is 0 Å². The first-order chi connectivity index (χ1) is 10.3. The van der Waals surface area contributed by atoms with Gasteiger partial charge in [-0.15, -0.1) is 0 Å².